The predicted octanol–water partition coefficient (Wildman–Crippen LogP) is 0.767. The molecule has 1 aromatic carbocycles. The Labute approximate surface area is 111 Å². The van der Waals surface area contributed by atoms with E-state index < -0.39 is 12.0 Å². The summed E-state index contributed by atoms with van der Waals surface area (Å²) in [5, 5.41) is 20.3. The predicted molar refractivity (Wildman–Crippen MR) is 67.7 cm³/mol. The molecule has 0 saturated carbocycles. The number of amides is 1. The van der Waals surface area contributed by atoms with Crippen LogP contribution in [0.3, 0.4) is 0 Å². The van der Waals surface area contributed by atoms with Gasteiger partial charge in [0.1, 0.15) is 18.0 Å². The zero-order valence-electron chi connectivity index (χ0n) is 10.8. The molecule has 0 saturated heterocycles. The highest BCUT2D eigenvalue weighted by atomic mass is 16.5. The molecule has 1 aromatic rings. The van der Waals surface area contributed by atoms with Crippen molar-refractivity contribution in [2.24, 2.45) is 0 Å². The minimum atomic E-state index is -0.719. The van der Waals surface area contributed by atoms with Gasteiger partial charge in [-0.3, -0.25) is 4.79 Å². The maximum atomic E-state index is 11.3. The first kappa shape index (κ1) is 14.8. The van der Waals surface area contributed by atoms with Crippen molar-refractivity contribution in [2.45, 2.75) is 13.0 Å². The van der Waals surface area contributed by atoms with Crippen LogP contribution < -0.4 is 14.8 Å². The summed E-state index contributed by atoms with van der Waals surface area (Å²) in [6, 6.07) is 6.77. The van der Waals surface area contributed by atoms with E-state index in [1.54, 1.807) is 31.2 Å². The van der Waals surface area contributed by atoms with Gasteiger partial charge in [-0.2, -0.15) is 5.26 Å². The van der Waals surface area contributed by atoms with Gasteiger partial charge in [0.25, 0.3) is 5.91 Å². The molecule has 0 aliphatic carbocycles. The number of hydrogen-bond acceptors (Lipinski definition) is 5. The first-order valence-corrected chi connectivity index (χ1v) is 5.71. The Bertz CT molecular complexity index is 480. The molecular formula is C13H16N2O4. The molecule has 102 valence electrons. The third-order valence-corrected chi connectivity index (χ3v) is 2.39. The SMILES string of the molecule is COc1ccc([C@H](C)O)c(OCC(=O)NCC#N)c1. The van der Waals surface area contributed by atoms with Gasteiger partial charge in [-0.15, -0.1) is 0 Å². The van der Waals surface area contributed by atoms with E-state index in [-0.39, 0.29) is 13.2 Å². The van der Waals surface area contributed by atoms with Crippen molar-refractivity contribution in [3.8, 4) is 17.6 Å². The van der Waals surface area contributed by atoms with Crippen LogP contribution in [-0.4, -0.2) is 31.3 Å². The monoisotopic (exact) mass is 264 g/mol. The summed E-state index contributed by atoms with van der Waals surface area (Å²) in [7, 11) is 1.51. The van der Waals surface area contributed by atoms with E-state index in [0.29, 0.717) is 17.1 Å². The lowest BCUT2D eigenvalue weighted by Crippen LogP contribution is -2.29. The van der Waals surface area contributed by atoms with Gasteiger partial charge in [-0.05, 0) is 19.1 Å². The van der Waals surface area contributed by atoms with Crippen LogP contribution in [0.15, 0.2) is 18.2 Å². The number of benzene rings is 1. The van der Waals surface area contributed by atoms with E-state index in [9.17, 15) is 9.90 Å². The van der Waals surface area contributed by atoms with Gasteiger partial charge in [0, 0.05) is 11.6 Å². The van der Waals surface area contributed by atoms with Crippen molar-refractivity contribution in [2.75, 3.05) is 20.3 Å². The van der Waals surface area contributed by atoms with Crippen molar-refractivity contribution >= 4 is 5.91 Å². The maximum Gasteiger partial charge on any atom is 0.258 e. The Kier molecular flexibility index (Phi) is 5.64. The Balaban J connectivity index is 2.75. The second kappa shape index (κ2) is 7.24. The molecule has 6 nitrogen and oxygen atoms in total. The summed E-state index contributed by atoms with van der Waals surface area (Å²) in [4.78, 5) is 11.3. The number of carbonyl (C=O) groups excluding carboxylic acids is 1. The third kappa shape index (κ3) is 4.48. The lowest BCUT2D eigenvalue weighted by Gasteiger charge is -2.14. The van der Waals surface area contributed by atoms with E-state index in [2.05, 4.69) is 5.32 Å². The van der Waals surface area contributed by atoms with Crippen LogP contribution in [0.4, 0.5) is 0 Å². The fourth-order valence-corrected chi connectivity index (χ4v) is 1.44. The van der Waals surface area contributed by atoms with Crippen LogP contribution >= 0.6 is 0 Å². The van der Waals surface area contributed by atoms with Crippen LogP contribution in [-0.2, 0) is 4.79 Å². The first-order valence-electron chi connectivity index (χ1n) is 5.71. The second-order valence-electron chi connectivity index (χ2n) is 3.80. The van der Waals surface area contributed by atoms with Crippen molar-refractivity contribution < 1.29 is 19.4 Å². The largest absolute Gasteiger partial charge is 0.497 e. The third-order valence-electron chi connectivity index (χ3n) is 2.39. The normalized spacial score (nSPS) is 11.3. The average molecular weight is 264 g/mol. The summed E-state index contributed by atoms with van der Waals surface area (Å²) < 4.78 is 10.4. The van der Waals surface area contributed by atoms with Crippen molar-refractivity contribution in [3.63, 3.8) is 0 Å². The Hall–Kier alpha value is -2.26. The summed E-state index contributed by atoms with van der Waals surface area (Å²) in [6.07, 6.45) is -0.719. The zero-order valence-corrected chi connectivity index (χ0v) is 10.8. The van der Waals surface area contributed by atoms with Gasteiger partial charge < -0.3 is 19.9 Å². The molecule has 0 aliphatic heterocycles. The fourth-order valence-electron chi connectivity index (χ4n) is 1.44. The molecule has 1 amide bonds. The number of methoxy groups -OCH3 is 1. The number of hydrogen-bond donors (Lipinski definition) is 2. The van der Waals surface area contributed by atoms with Crippen LogP contribution in [0.5, 0.6) is 11.5 Å². The quantitative estimate of drug-likeness (QED) is 0.740. The van der Waals surface area contributed by atoms with Crippen molar-refractivity contribution in [1.82, 2.24) is 5.32 Å². The highest BCUT2D eigenvalue weighted by molar-refractivity contribution is 5.77. The summed E-state index contributed by atoms with van der Waals surface area (Å²) in [5.74, 6) is 0.541. The van der Waals surface area contributed by atoms with E-state index in [4.69, 9.17) is 14.7 Å². The number of nitrogens with one attached hydrogen (secondary N) is 1. The zero-order chi connectivity index (χ0) is 14.3. The Morgan fingerprint density at radius 2 is 2.32 bits per heavy atom. The molecule has 0 fully saturated rings. The molecular weight excluding hydrogens is 248 g/mol. The smallest absolute Gasteiger partial charge is 0.258 e. The number of aliphatic hydroxyl groups is 1. The molecule has 0 aliphatic rings. The number of carbonyl (C=O) groups is 1. The highest BCUT2D eigenvalue weighted by Gasteiger charge is 2.12. The van der Waals surface area contributed by atoms with Gasteiger partial charge in [0.2, 0.25) is 0 Å². The van der Waals surface area contributed by atoms with Gasteiger partial charge in [0.05, 0.1) is 19.3 Å². The molecule has 2 N–H and O–H groups in total. The van der Waals surface area contributed by atoms with E-state index in [0.717, 1.165) is 0 Å². The molecule has 0 unspecified atom stereocenters. The van der Waals surface area contributed by atoms with Crippen molar-refractivity contribution in [1.29, 1.82) is 5.26 Å². The lowest BCUT2D eigenvalue weighted by atomic mass is 10.1. The highest BCUT2D eigenvalue weighted by Crippen LogP contribution is 2.29. The van der Waals surface area contributed by atoms with Crippen LogP contribution in [0.25, 0.3) is 0 Å². The Morgan fingerprint density at radius 1 is 1.58 bits per heavy atom. The van der Waals surface area contributed by atoms with Crippen molar-refractivity contribution in [3.05, 3.63) is 23.8 Å². The number of ether oxygens (including phenoxy) is 2. The van der Waals surface area contributed by atoms with Gasteiger partial charge in [0.15, 0.2) is 6.61 Å². The fraction of sp³-hybridized carbons (Fsp3) is 0.385. The maximum absolute atomic E-state index is 11.3. The molecule has 0 spiro atoms. The molecule has 0 heterocycles. The van der Waals surface area contributed by atoms with E-state index in [1.165, 1.54) is 7.11 Å². The molecule has 19 heavy (non-hydrogen) atoms. The molecule has 0 radical (unpaired) electrons. The molecule has 0 aromatic heterocycles. The van der Waals surface area contributed by atoms with Crippen LogP contribution in [0, 0.1) is 11.3 Å². The molecule has 0 bridgehead atoms. The number of aliphatic hydroxyl groups excluding tert-OH is 1. The van der Waals surface area contributed by atoms with Crippen LogP contribution in [0.1, 0.15) is 18.6 Å². The number of nitrogens with zero attached hydrogens (tertiary/aromatic N) is 1. The summed E-state index contributed by atoms with van der Waals surface area (Å²) in [6.45, 7) is 1.31. The van der Waals surface area contributed by atoms with E-state index >= 15 is 0 Å². The molecule has 1 atom stereocenters. The minimum Gasteiger partial charge on any atom is -0.497 e. The van der Waals surface area contributed by atoms with Gasteiger partial charge in [-0.1, -0.05) is 0 Å². The summed E-state index contributed by atoms with van der Waals surface area (Å²) >= 11 is 0. The van der Waals surface area contributed by atoms with E-state index in [1.807, 2.05) is 0 Å². The van der Waals surface area contributed by atoms with Gasteiger partial charge in [-0.25, -0.2) is 0 Å². The lowest BCUT2D eigenvalue weighted by molar-refractivity contribution is -0.122. The second-order valence-corrected chi connectivity index (χ2v) is 3.80. The number of nitriles is 1. The average Bonchev–Trinajstić information content (AvgIpc) is 2.42. The minimum absolute atomic E-state index is 0.0659. The molecule has 1 rings (SSSR count). The topological polar surface area (TPSA) is 91.6 Å². The summed E-state index contributed by atoms with van der Waals surface area (Å²) in [5.41, 5.74) is 0.564. The molecule has 6 heteroatoms. The number of rotatable bonds is 6. The van der Waals surface area contributed by atoms with Gasteiger partial charge >= 0.3 is 0 Å². The first-order chi connectivity index (χ1) is 9.08. The standard InChI is InChI=1S/C13H16N2O4/c1-9(16)11-4-3-10(18-2)7-12(11)19-8-13(17)15-6-5-14/h3-4,7,9,16H,6,8H2,1-2H3,(H,15,17)/t9-/m0/s1. The Morgan fingerprint density at radius 3 is 2.89 bits per heavy atom. The van der Waals surface area contributed by atoms with Crippen LogP contribution in [0.2, 0.25) is 0 Å².